The molecule has 3 heterocycles. The highest BCUT2D eigenvalue weighted by Crippen LogP contribution is 2.14. The average Bonchev–Trinajstić information content (AvgIpc) is 3.43. The van der Waals surface area contributed by atoms with Gasteiger partial charge in [-0.1, -0.05) is 30.3 Å². The van der Waals surface area contributed by atoms with E-state index in [1.54, 1.807) is 17.0 Å². The maximum absolute atomic E-state index is 13.1. The van der Waals surface area contributed by atoms with Gasteiger partial charge in [-0.25, -0.2) is 0 Å². The normalized spacial score (nSPS) is 18.1. The molecule has 1 aromatic heterocycles. The summed E-state index contributed by atoms with van der Waals surface area (Å²) in [4.78, 5) is 45.8. The quantitative estimate of drug-likeness (QED) is 0.625. The lowest BCUT2D eigenvalue weighted by atomic mass is 10.1. The van der Waals surface area contributed by atoms with Crippen LogP contribution in [0.15, 0.2) is 53.1 Å². The van der Waals surface area contributed by atoms with Gasteiger partial charge in [-0.3, -0.25) is 19.3 Å². The summed E-state index contributed by atoms with van der Waals surface area (Å²) in [5.41, 5.74) is 1.26. The van der Waals surface area contributed by atoms with E-state index < -0.39 is 0 Å². The smallest absolute Gasteiger partial charge is 0.289 e. The summed E-state index contributed by atoms with van der Waals surface area (Å²) < 4.78 is 5.20. The Balaban J connectivity index is 1.17. The van der Waals surface area contributed by atoms with Crippen molar-refractivity contribution >= 4 is 17.7 Å². The van der Waals surface area contributed by atoms with Crippen LogP contribution in [0.5, 0.6) is 0 Å². The number of hydrogen-bond donors (Lipinski definition) is 0. The molecule has 0 aliphatic carbocycles. The minimum Gasteiger partial charge on any atom is -0.459 e. The van der Waals surface area contributed by atoms with Gasteiger partial charge in [0.25, 0.3) is 5.91 Å². The third kappa shape index (κ3) is 5.86. The van der Waals surface area contributed by atoms with Crippen LogP contribution in [0.3, 0.4) is 0 Å². The molecule has 0 bridgehead atoms. The molecule has 34 heavy (non-hydrogen) atoms. The zero-order valence-electron chi connectivity index (χ0n) is 19.9. The molecule has 1 unspecified atom stereocenters. The van der Waals surface area contributed by atoms with Crippen molar-refractivity contribution < 1.29 is 18.8 Å². The van der Waals surface area contributed by atoms with Crippen molar-refractivity contribution in [3.8, 4) is 0 Å². The third-order valence-electron chi connectivity index (χ3n) is 6.88. The topological polar surface area (TPSA) is 77.3 Å². The standard InChI is InChI=1S/C26H34N4O4/c1-21(25(32)29-16-18-30(19-17-29)26(33)23-10-6-20-34-23)27-12-14-28(15-13-27)24(31)11-5-9-22-7-3-2-4-8-22/h2-4,6-8,10,20-21H,5,9,11-19H2,1H3. The number of hydrogen-bond acceptors (Lipinski definition) is 5. The molecule has 8 heteroatoms. The number of furan rings is 1. The molecule has 2 aliphatic rings. The van der Waals surface area contributed by atoms with E-state index in [1.165, 1.54) is 11.8 Å². The molecular weight excluding hydrogens is 432 g/mol. The maximum Gasteiger partial charge on any atom is 0.289 e. The van der Waals surface area contributed by atoms with Gasteiger partial charge in [0.15, 0.2) is 5.76 Å². The van der Waals surface area contributed by atoms with E-state index in [0.717, 1.165) is 12.8 Å². The number of aryl methyl sites for hydroxylation is 1. The van der Waals surface area contributed by atoms with Gasteiger partial charge < -0.3 is 19.1 Å². The van der Waals surface area contributed by atoms with Crippen molar-refractivity contribution in [2.24, 2.45) is 0 Å². The SMILES string of the molecule is CC(C(=O)N1CCN(C(=O)c2ccco2)CC1)N1CCN(C(=O)CCCc2ccccc2)CC1. The zero-order chi connectivity index (χ0) is 23.9. The molecule has 0 saturated carbocycles. The number of rotatable bonds is 7. The number of piperazine rings is 2. The van der Waals surface area contributed by atoms with E-state index in [9.17, 15) is 14.4 Å². The summed E-state index contributed by atoms with van der Waals surface area (Å²) in [7, 11) is 0. The minimum absolute atomic E-state index is 0.0905. The van der Waals surface area contributed by atoms with Gasteiger partial charge in [-0.15, -0.1) is 0 Å². The molecule has 3 amide bonds. The molecule has 2 aromatic rings. The summed E-state index contributed by atoms with van der Waals surface area (Å²) in [6, 6.07) is 13.4. The van der Waals surface area contributed by atoms with Crippen molar-refractivity contribution in [1.82, 2.24) is 19.6 Å². The number of nitrogens with zero attached hydrogens (tertiary/aromatic N) is 4. The summed E-state index contributed by atoms with van der Waals surface area (Å²) >= 11 is 0. The molecule has 2 saturated heterocycles. The fourth-order valence-corrected chi connectivity index (χ4v) is 4.71. The van der Waals surface area contributed by atoms with Gasteiger partial charge in [0.05, 0.1) is 12.3 Å². The van der Waals surface area contributed by atoms with Crippen LogP contribution in [0, 0.1) is 0 Å². The van der Waals surface area contributed by atoms with Crippen LogP contribution in [-0.4, -0.2) is 95.7 Å². The van der Waals surface area contributed by atoms with Gasteiger partial charge in [0, 0.05) is 58.8 Å². The largest absolute Gasteiger partial charge is 0.459 e. The Morgan fingerprint density at radius 1 is 0.824 bits per heavy atom. The molecule has 0 N–H and O–H groups in total. The van der Waals surface area contributed by atoms with Gasteiger partial charge in [-0.05, 0) is 37.5 Å². The van der Waals surface area contributed by atoms with Crippen LogP contribution in [-0.2, 0) is 16.0 Å². The highest BCUT2D eigenvalue weighted by Gasteiger charge is 2.32. The van der Waals surface area contributed by atoms with Gasteiger partial charge in [0.2, 0.25) is 11.8 Å². The summed E-state index contributed by atoms with van der Waals surface area (Å²) in [6.45, 7) is 6.72. The number of amides is 3. The predicted octanol–water partition coefficient (Wildman–Crippen LogP) is 2.12. The van der Waals surface area contributed by atoms with Gasteiger partial charge >= 0.3 is 0 Å². The lowest BCUT2D eigenvalue weighted by molar-refractivity contribution is -0.140. The second kappa shape index (κ2) is 11.3. The number of carbonyl (C=O) groups excluding carboxylic acids is 3. The summed E-state index contributed by atoms with van der Waals surface area (Å²) in [5.74, 6) is 0.495. The first kappa shape index (κ1) is 24.0. The first-order chi connectivity index (χ1) is 16.5. The van der Waals surface area contributed by atoms with E-state index >= 15 is 0 Å². The Kier molecular flexibility index (Phi) is 8.00. The fourth-order valence-electron chi connectivity index (χ4n) is 4.71. The first-order valence-corrected chi connectivity index (χ1v) is 12.2. The Bertz CT molecular complexity index is 946. The molecule has 0 spiro atoms. The highest BCUT2D eigenvalue weighted by molar-refractivity contribution is 5.91. The van der Waals surface area contributed by atoms with Crippen LogP contribution in [0.2, 0.25) is 0 Å². The lowest BCUT2D eigenvalue weighted by Crippen LogP contribution is -2.58. The van der Waals surface area contributed by atoms with Crippen LogP contribution in [0.4, 0.5) is 0 Å². The average molecular weight is 467 g/mol. The van der Waals surface area contributed by atoms with E-state index in [4.69, 9.17) is 4.42 Å². The van der Waals surface area contributed by atoms with Crippen LogP contribution in [0.1, 0.15) is 35.9 Å². The molecule has 1 aromatic carbocycles. The Morgan fingerprint density at radius 3 is 2.12 bits per heavy atom. The number of carbonyl (C=O) groups is 3. The van der Waals surface area contributed by atoms with E-state index in [1.807, 2.05) is 34.9 Å². The minimum atomic E-state index is -0.234. The summed E-state index contributed by atoms with van der Waals surface area (Å²) in [6.07, 6.45) is 3.82. The van der Waals surface area contributed by atoms with Crippen LogP contribution in [0.25, 0.3) is 0 Å². The first-order valence-electron chi connectivity index (χ1n) is 12.2. The molecule has 182 valence electrons. The van der Waals surface area contributed by atoms with Crippen molar-refractivity contribution in [2.75, 3.05) is 52.4 Å². The Morgan fingerprint density at radius 2 is 1.47 bits per heavy atom. The molecule has 1 atom stereocenters. The lowest BCUT2D eigenvalue weighted by Gasteiger charge is -2.41. The van der Waals surface area contributed by atoms with Crippen molar-refractivity contribution in [1.29, 1.82) is 0 Å². The second-order valence-electron chi connectivity index (χ2n) is 9.03. The molecule has 0 radical (unpaired) electrons. The molecule has 2 aliphatic heterocycles. The third-order valence-corrected chi connectivity index (χ3v) is 6.88. The van der Waals surface area contributed by atoms with E-state index in [2.05, 4.69) is 17.0 Å². The molecule has 4 rings (SSSR count). The molecule has 2 fully saturated rings. The van der Waals surface area contributed by atoms with Crippen molar-refractivity contribution in [2.45, 2.75) is 32.2 Å². The van der Waals surface area contributed by atoms with E-state index in [0.29, 0.717) is 64.5 Å². The monoisotopic (exact) mass is 466 g/mol. The predicted molar refractivity (Wildman–Crippen MR) is 128 cm³/mol. The second-order valence-corrected chi connectivity index (χ2v) is 9.03. The molecular formula is C26H34N4O4. The van der Waals surface area contributed by atoms with Gasteiger partial charge in [0.1, 0.15) is 0 Å². The molecule has 8 nitrogen and oxygen atoms in total. The van der Waals surface area contributed by atoms with Gasteiger partial charge in [-0.2, -0.15) is 0 Å². The van der Waals surface area contributed by atoms with Crippen LogP contribution >= 0.6 is 0 Å². The maximum atomic E-state index is 13.1. The Hall–Kier alpha value is -3.13. The Labute approximate surface area is 201 Å². The van der Waals surface area contributed by atoms with Crippen molar-refractivity contribution in [3.05, 3.63) is 60.1 Å². The van der Waals surface area contributed by atoms with Crippen molar-refractivity contribution in [3.63, 3.8) is 0 Å². The zero-order valence-corrected chi connectivity index (χ0v) is 19.9. The highest BCUT2D eigenvalue weighted by atomic mass is 16.3. The van der Waals surface area contributed by atoms with E-state index in [-0.39, 0.29) is 23.8 Å². The fraction of sp³-hybridized carbons (Fsp3) is 0.500. The van der Waals surface area contributed by atoms with Crippen LogP contribution < -0.4 is 0 Å². The summed E-state index contributed by atoms with van der Waals surface area (Å²) in [5, 5.41) is 0. The number of benzene rings is 1.